The van der Waals surface area contributed by atoms with Gasteiger partial charge in [-0.1, -0.05) is 25.4 Å². The van der Waals surface area contributed by atoms with Crippen molar-refractivity contribution in [1.29, 1.82) is 0 Å². The molecule has 4 heteroatoms. The fourth-order valence-electron chi connectivity index (χ4n) is 0.858. The monoisotopic (exact) mass is 205 g/mol. The Kier molecular flexibility index (Phi) is 3.50. The Morgan fingerprint density at radius 2 is 2.25 bits per heavy atom. The van der Waals surface area contributed by atoms with Crippen LogP contribution in [0.4, 0.5) is 0 Å². The minimum atomic E-state index is 0.112. The van der Waals surface area contributed by atoms with Gasteiger partial charge in [0, 0.05) is 18.9 Å². The molecule has 2 nitrogen and oxygen atoms in total. The largest absolute Gasteiger partial charge is 0.396 e. The van der Waals surface area contributed by atoms with Gasteiger partial charge in [0.15, 0.2) is 0 Å². The quantitative estimate of drug-likeness (QED) is 0.823. The van der Waals surface area contributed by atoms with Crippen molar-refractivity contribution < 1.29 is 5.11 Å². The van der Waals surface area contributed by atoms with E-state index in [1.807, 2.05) is 0 Å². The molecule has 0 aromatic carbocycles. The number of halogens is 1. The van der Waals surface area contributed by atoms with Gasteiger partial charge < -0.3 is 5.11 Å². The fourth-order valence-corrected chi connectivity index (χ4v) is 2.07. The van der Waals surface area contributed by atoms with Gasteiger partial charge in [0.2, 0.25) is 0 Å². The standard InChI is InChI=1S/C8H12ClNOS/c1-5(2)8-10-6(3-4-11)7(9)12-8/h5,11H,3-4H2,1-2H3. The van der Waals surface area contributed by atoms with E-state index in [4.69, 9.17) is 16.7 Å². The predicted molar refractivity (Wildman–Crippen MR) is 52.0 cm³/mol. The van der Waals surface area contributed by atoms with Crippen LogP contribution in [-0.2, 0) is 6.42 Å². The maximum atomic E-state index is 8.70. The van der Waals surface area contributed by atoms with Crippen LogP contribution >= 0.6 is 22.9 Å². The Morgan fingerprint density at radius 3 is 2.67 bits per heavy atom. The Labute approximate surface area is 81.2 Å². The molecule has 1 aromatic heterocycles. The van der Waals surface area contributed by atoms with Crippen molar-refractivity contribution in [3.8, 4) is 0 Å². The van der Waals surface area contributed by atoms with Crippen LogP contribution in [0.1, 0.15) is 30.5 Å². The van der Waals surface area contributed by atoms with E-state index in [0.717, 1.165) is 10.7 Å². The van der Waals surface area contributed by atoms with Gasteiger partial charge in [-0.25, -0.2) is 4.98 Å². The second-order valence-corrected chi connectivity index (χ2v) is 4.53. The van der Waals surface area contributed by atoms with E-state index in [2.05, 4.69) is 18.8 Å². The molecule has 1 rings (SSSR count). The van der Waals surface area contributed by atoms with Crippen molar-refractivity contribution in [2.24, 2.45) is 0 Å². The molecule has 0 bridgehead atoms. The van der Waals surface area contributed by atoms with Crippen LogP contribution in [0, 0.1) is 0 Å². The molecule has 0 amide bonds. The number of hydrogen-bond acceptors (Lipinski definition) is 3. The van der Waals surface area contributed by atoms with Crippen LogP contribution in [0.2, 0.25) is 4.34 Å². The zero-order valence-electron chi connectivity index (χ0n) is 7.17. The molecule has 0 radical (unpaired) electrons. The molecule has 68 valence electrons. The van der Waals surface area contributed by atoms with Crippen LogP contribution in [0.3, 0.4) is 0 Å². The van der Waals surface area contributed by atoms with Crippen LogP contribution in [0.15, 0.2) is 0 Å². The molecule has 0 spiro atoms. The minimum absolute atomic E-state index is 0.112. The lowest BCUT2D eigenvalue weighted by Gasteiger charge is -1.95. The molecule has 0 saturated heterocycles. The molecule has 1 N–H and O–H groups in total. The van der Waals surface area contributed by atoms with Gasteiger partial charge in [0.05, 0.1) is 10.7 Å². The van der Waals surface area contributed by atoms with Crippen molar-refractivity contribution in [1.82, 2.24) is 4.98 Å². The second kappa shape index (κ2) is 4.21. The highest BCUT2D eigenvalue weighted by Crippen LogP contribution is 2.28. The van der Waals surface area contributed by atoms with Crippen LogP contribution in [0.25, 0.3) is 0 Å². The second-order valence-electron chi connectivity index (χ2n) is 2.90. The molecule has 0 aliphatic carbocycles. The van der Waals surface area contributed by atoms with E-state index in [1.54, 1.807) is 0 Å². The Bertz CT molecular complexity index is 260. The first-order chi connectivity index (χ1) is 5.65. The highest BCUT2D eigenvalue weighted by Gasteiger charge is 2.10. The summed E-state index contributed by atoms with van der Waals surface area (Å²) >= 11 is 7.42. The van der Waals surface area contributed by atoms with Crippen molar-refractivity contribution >= 4 is 22.9 Å². The van der Waals surface area contributed by atoms with Crippen molar-refractivity contribution in [3.05, 3.63) is 15.0 Å². The predicted octanol–water partition coefficient (Wildman–Crippen LogP) is 2.45. The van der Waals surface area contributed by atoms with Gasteiger partial charge in [0.1, 0.15) is 4.34 Å². The summed E-state index contributed by atoms with van der Waals surface area (Å²) in [4.78, 5) is 4.33. The molecule has 0 aliphatic heterocycles. The molecular formula is C8H12ClNOS. The molecule has 0 fully saturated rings. The zero-order chi connectivity index (χ0) is 9.14. The van der Waals surface area contributed by atoms with Gasteiger partial charge in [-0.3, -0.25) is 0 Å². The van der Waals surface area contributed by atoms with E-state index < -0.39 is 0 Å². The molecule has 1 heterocycles. The summed E-state index contributed by atoms with van der Waals surface area (Å²) in [5.74, 6) is 0.417. The summed E-state index contributed by atoms with van der Waals surface area (Å²) in [7, 11) is 0. The third kappa shape index (κ3) is 2.19. The molecule has 0 atom stereocenters. The van der Waals surface area contributed by atoms with E-state index in [1.165, 1.54) is 11.3 Å². The zero-order valence-corrected chi connectivity index (χ0v) is 8.74. The lowest BCUT2D eigenvalue weighted by molar-refractivity contribution is 0.298. The van der Waals surface area contributed by atoms with Crippen LogP contribution < -0.4 is 0 Å². The smallest absolute Gasteiger partial charge is 0.116 e. The Morgan fingerprint density at radius 1 is 1.58 bits per heavy atom. The van der Waals surface area contributed by atoms with E-state index in [9.17, 15) is 0 Å². The first-order valence-corrected chi connectivity index (χ1v) is 5.10. The van der Waals surface area contributed by atoms with Gasteiger partial charge in [0.25, 0.3) is 0 Å². The van der Waals surface area contributed by atoms with Crippen LogP contribution in [0.5, 0.6) is 0 Å². The van der Waals surface area contributed by atoms with Crippen LogP contribution in [-0.4, -0.2) is 16.7 Å². The molecule has 0 saturated carbocycles. The number of aliphatic hydroxyl groups is 1. The van der Waals surface area contributed by atoms with E-state index in [0.29, 0.717) is 16.7 Å². The minimum Gasteiger partial charge on any atom is -0.396 e. The van der Waals surface area contributed by atoms with E-state index in [-0.39, 0.29) is 6.61 Å². The van der Waals surface area contributed by atoms with Gasteiger partial charge >= 0.3 is 0 Å². The number of nitrogens with zero attached hydrogens (tertiary/aromatic N) is 1. The van der Waals surface area contributed by atoms with Gasteiger partial charge in [-0.15, -0.1) is 11.3 Å². The average Bonchev–Trinajstić information content (AvgIpc) is 2.34. The summed E-state index contributed by atoms with van der Waals surface area (Å²) < 4.78 is 0.716. The number of hydrogen-bond donors (Lipinski definition) is 1. The first kappa shape index (κ1) is 9.96. The SMILES string of the molecule is CC(C)c1nc(CCO)c(Cl)s1. The number of thiazole rings is 1. The molecule has 0 aliphatic rings. The lowest BCUT2D eigenvalue weighted by atomic mass is 10.2. The van der Waals surface area contributed by atoms with Gasteiger partial charge in [-0.2, -0.15) is 0 Å². The molecule has 0 unspecified atom stereocenters. The highest BCUT2D eigenvalue weighted by molar-refractivity contribution is 7.16. The van der Waals surface area contributed by atoms with Crippen molar-refractivity contribution in [3.63, 3.8) is 0 Å². The van der Waals surface area contributed by atoms with E-state index >= 15 is 0 Å². The summed E-state index contributed by atoms with van der Waals surface area (Å²) in [5.41, 5.74) is 0.827. The maximum Gasteiger partial charge on any atom is 0.116 e. The maximum absolute atomic E-state index is 8.70. The van der Waals surface area contributed by atoms with Crippen molar-refractivity contribution in [2.75, 3.05) is 6.61 Å². The number of aliphatic hydroxyl groups excluding tert-OH is 1. The third-order valence-corrected chi connectivity index (χ3v) is 3.14. The normalized spacial score (nSPS) is 11.1. The Balaban J connectivity index is 2.85. The lowest BCUT2D eigenvalue weighted by Crippen LogP contribution is -1.93. The number of rotatable bonds is 3. The number of aromatic nitrogens is 1. The van der Waals surface area contributed by atoms with Gasteiger partial charge in [-0.05, 0) is 0 Å². The highest BCUT2D eigenvalue weighted by atomic mass is 35.5. The summed E-state index contributed by atoms with van der Waals surface area (Å²) in [6.07, 6.45) is 0.558. The molecule has 1 aromatic rings. The summed E-state index contributed by atoms with van der Waals surface area (Å²) in [6.45, 7) is 4.27. The first-order valence-electron chi connectivity index (χ1n) is 3.91. The third-order valence-electron chi connectivity index (χ3n) is 1.51. The summed E-state index contributed by atoms with van der Waals surface area (Å²) in [5, 5.41) is 9.74. The average molecular weight is 206 g/mol. The Hall–Kier alpha value is -0.120. The topological polar surface area (TPSA) is 33.1 Å². The molecule has 12 heavy (non-hydrogen) atoms. The fraction of sp³-hybridized carbons (Fsp3) is 0.625. The molecular weight excluding hydrogens is 194 g/mol. The summed E-state index contributed by atoms with van der Waals surface area (Å²) in [6, 6.07) is 0. The van der Waals surface area contributed by atoms with Crippen molar-refractivity contribution in [2.45, 2.75) is 26.2 Å².